The summed E-state index contributed by atoms with van der Waals surface area (Å²) >= 11 is 0. The van der Waals surface area contributed by atoms with Crippen molar-refractivity contribution in [1.82, 2.24) is 5.32 Å². The average molecular weight is 234 g/mol. The van der Waals surface area contributed by atoms with Crippen molar-refractivity contribution in [2.75, 3.05) is 6.54 Å². The highest BCUT2D eigenvalue weighted by atomic mass is 16.6. The monoisotopic (exact) mass is 234 g/mol. The van der Waals surface area contributed by atoms with Crippen LogP contribution in [0.5, 0.6) is 0 Å². The number of para-hydroxylation sites is 1. The fraction of sp³-hybridized carbons (Fsp3) is 0.538. The van der Waals surface area contributed by atoms with Crippen molar-refractivity contribution >= 4 is 5.69 Å². The van der Waals surface area contributed by atoms with Gasteiger partial charge in [-0.1, -0.05) is 25.1 Å². The normalized spacial score (nSPS) is 23.1. The lowest BCUT2D eigenvalue weighted by Gasteiger charge is -2.33. The van der Waals surface area contributed by atoms with Crippen LogP contribution in [-0.4, -0.2) is 17.5 Å². The summed E-state index contributed by atoms with van der Waals surface area (Å²) in [5.41, 5.74) is 1.05. The molecule has 4 heteroatoms. The zero-order valence-electron chi connectivity index (χ0n) is 10.1. The van der Waals surface area contributed by atoms with Crippen LogP contribution in [0.15, 0.2) is 24.3 Å². The van der Waals surface area contributed by atoms with Gasteiger partial charge in [-0.2, -0.15) is 0 Å². The minimum atomic E-state index is -0.305. The molecule has 0 atom stereocenters. The van der Waals surface area contributed by atoms with Gasteiger partial charge in [0, 0.05) is 17.7 Å². The molecular weight excluding hydrogens is 216 g/mol. The van der Waals surface area contributed by atoms with Gasteiger partial charge >= 0.3 is 0 Å². The second-order valence-corrected chi connectivity index (χ2v) is 4.86. The summed E-state index contributed by atoms with van der Waals surface area (Å²) in [7, 11) is 0. The lowest BCUT2D eigenvalue weighted by molar-refractivity contribution is -0.385. The summed E-state index contributed by atoms with van der Waals surface area (Å²) in [5, 5.41) is 14.3. The fourth-order valence-corrected chi connectivity index (χ4v) is 2.38. The molecule has 2 rings (SSSR count). The maximum atomic E-state index is 10.8. The van der Waals surface area contributed by atoms with E-state index in [4.69, 9.17) is 0 Å². The van der Waals surface area contributed by atoms with E-state index in [0.29, 0.717) is 6.04 Å². The maximum absolute atomic E-state index is 10.8. The Morgan fingerprint density at radius 3 is 2.76 bits per heavy atom. The van der Waals surface area contributed by atoms with E-state index >= 15 is 0 Å². The van der Waals surface area contributed by atoms with Gasteiger partial charge in [-0.05, 0) is 31.7 Å². The highest BCUT2D eigenvalue weighted by molar-refractivity contribution is 5.39. The van der Waals surface area contributed by atoms with E-state index in [-0.39, 0.29) is 10.6 Å². The third-order valence-electron chi connectivity index (χ3n) is 3.39. The van der Waals surface area contributed by atoms with Crippen LogP contribution in [0.3, 0.4) is 0 Å². The Hall–Kier alpha value is -1.42. The Morgan fingerprint density at radius 1 is 1.41 bits per heavy atom. The first-order valence-electron chi connectivity index (χ1n) is 6.12. The predicted molar refractivity (Wildman–Crippen MR) is 67.0 cm³/mol. The van der Waals surface area contributed by atoms with Crippen molar-refractivity contribution in [2.24, 2.45) is 5.92 Å². The molecule has 17 heavy (non-hydrogen) atoms. The Morgan fingerprint density at radius 2 is 2.12 bits per heavy atom. The van der Waals surface area contributed by atoms with Gasteiger partial charge in [-0.25, -0.2) is 0 Å². The summed E-state index contributed by atoms with van der Waals surface area (Å²) in [5.74, 6) is 0.832. The van der Waals surface area contributed by atoms with Crippen molar-refractivity contribution < 1.29 is 4.92 Å². The van der Waals surface area contributed by atoms with E-state index in [2.05, 4.69) is 12.2 Å². The van der Waals surface area contributed by atoms with Crippen LogP contribution in [0, 0.1) is 16.0 Å². The van der Waals surface area contributed by atoms with E-state index in [1.54, 1.807) is 12.1 Å². The molecule has 0 bridgehead atoms. The molecule has 0 heterocycles. The highest BCUT2D eigenvalue weighted by Crippen LogP contribution is 2.26. The number of nitro groups is 1. The van der Waals surface area contributed by atoms with Crippen LogP contribution in [-0.2, 0) is 6.42 Å². The second-order valence-electron chi connectivity index (χ2n) is 4.86. The maximum Gasteiger partial charge on any atom is 0.272 e. The quantitative estimate of drug-likeness (QED) is 0.629. The number of hydrogen-bond donors (Lipinski definition) is 1. The zero-order chi connectivity index (χ0) is 12.3. The molecule has 0 unspecified atom stereocenters. The van der Waals surface area contributed by atoms with Crippen LogP contribution in [0.25, 0.3) is 0 Å². The minimum absolute atomic E-state index is 0.233. The van der Waals surface area contributed by atoms with Gasteiger partial charge in [0.1, 0.15) is 0 Å². The molecule has 0 amide bonds. The molecule has 0 saturated heterocycles. The fourth-order valence-electron chi connectivity index (χ4n) is 2.38. The van der Waals surface area contributed by atoms with Crippen LogP contribution < -0.4 is 5.32 Å². The van der Waals surface area contributed by atoms with Gasteiger partial charge < -0.3 is 5.32 Å². The smallest absolute Gasteiger partial charge is 0.272 e. The first kappa shape index (κ1) is 12.0. The van der Waals surface area contributed by atoms with Crippen molar-refractivity contribution in [2.45, 2.75) is 32.2 Å². The largest absolute Gasteiger partial charge is 0.314 e. The van der Waals surface area contributed by atoms with Gasteiger partial charge in [-0.15, -0.1) is 0 Å². The summed E-state index contributed by atoms with van der Waals surface area (Å²) in [6.07, 6.45) is 3.19. The van der Waals surface area contributed by atoms with E-state index in [1.165, 1.54) is 12.8 Å². The Labute approximate surface area is 101 Å². The zero-order valence-corrected chi connectivity index (χ0v) is 10.1. The molecule has 1 N–H and O–H groups in total. The van der Waals surface area contributed by atoms with Crippen LogP contribution in [0.2, 0.25) is 0 Å². The molecule has 0 aromatic heterocycles. The molecule has 1 aliphatic carbocycles. The number of nitrogens with zero attached hydrogens (tertiary/aromatic N) is 1. The highest BCUT2D eigenvalue weighted by Gasteiger charge is 2.24. The molecule has 1 aromatic carbocycles. The molecule has 1 aromatic rings. The standard InChI is InChI=1S/C13H18N2O2/c1-10-8-12(9-10)14-7-6-11-4-2-3-5-13(11)15(16)17/h2-5,10,12,14H,6-9H2,1H3. The van der Waals surface area contributed by atoms with Gasteiger partial charge in [0.05, 0.1) is 4.92 Å². The van der Waals surface area contributed by atoms with Gasteiger partial charge in [0.2, 0.25) is 0 Å². The molecule has 1 saturated carbocycles. The predicted octanol–water partition coefficient (Wildman–Crippen LogP) is 2.53. The van der Waals surface area contributed by atoms with Crippen molar-refractivity contribution in [1.29, 1.82) is 0 Å². The third kappa shape index (κ3) is 3.03. The van der Waals surface area contributed by atoms with Gasteiger partial charge in [0.15, 0.2) is 0 Å². The van der Waals surface area contributed by atoms with E-state index < -0.39 is 0 Å². The van der Waals surface area contributed by atoms with Crippen molar-refractivity contribution in [3.8, 4) is 0 Å². The molecule has 0 spiro atoms. The SMILES string of the molecule is CC1CC(NCCc2ccccc2[N+](=O)[O-])C1. The number of nitrogens with one attached hydrogen (secondary N) is 1. The van der Waals surface area contributed by atoms with E-state index in [1.807, 2.05) is 12.1 Å². The Bertz CT molecular complexity index is 400. The molecule has 0 radical (unpaired) electrons. The van der Waals surface area contributed by atoms with Crippen LogP contribution in [0.4, 0.5) is 5.69 Å². The topological polar surface area (TPSA) is 55.2 Å². The van der Waals surface area contributed by atoms with Gasteiger partial charge in [0.25, 0.3) is 5.69 Å². The summed E-state index contributed by atoms with van der Waals surface area (Å²) in [4.78, 5) is 10.5. The summed E-state index contributed by atoms with van der Waals surface area (Å²) < 4.78 is 0. The number of benzene rings is 1. The second kappa shape index (κ2) is 5.27. The molecule has 92 valence electrons. The number of rotatable bonds is 5. The van der Waals surface area contributed by atoms with Gasteiger partial charge in [-0.3, -0.25) is 10.1 Å². The lowest BCUT2D eigenvalue weighted by atomic mass is 9.82. The number of hydrogen-bond acceptors (Lipinski definition) is 3. The van der Waals surface area contributed by atoms with Crippen molar-refractivity contribution in [3.63, 3.8) is 0 Å². The van der Waals surface area contributed by atoms with E-state index in [9.17, 15) is 10.1 Å². The average Bonchev–Trinajstić information content (AvgIpc) is 2.27. The Balaban J connectivity index is 1.84. The van der Waals surface area contributed by atoms with Crippen LogP contribution in [0.1, 0.15) is 25.3 Å². The van der Waals surface area contributed by atoms with Crippen molar-refractivity contribution in [3.05, 3.63) is 39.9 Å². The lowest BCUT2D eigenvalue weighted by Crippen LogP contribution is -2.40. The minimum Gasteiger partial charge on any atom is -0.314 e. The first-order valence-corrected chi connectivity index (χ1v) is 6.12. The third-order valence-corrected chi connectivity index (χ3v) is 3.39. The van der Waals surface area contributed by atoms with Crippen LogP contribution >= 0.6 is 0 Å². The van der Waals surface area contributed by atoms with E-state index in [0.717, 1.165) is 24.4 Å². The molecule has 1 aliphatic rings. The summed E-state index contributed by atoms with van der Waals surface area (Å²) in [6.45, 7) is 3.07. The molecule has 0 aliphatic heterocycles. The molecule has 4 nitrogen and oxygen atoms in total. The first-order chi connectivity index (χ1) is 8.16. The Kier molecular flexibility index (Phi) is 3.74. The number of nitro benzene ring substituents is 1. The molecule has 1 fully saturated rings. The summed E-state index contributed by atoms with van der Waals surface area (Å²) in [6, 6.07) is 7.59. The molecular formula is C13H18N2O2.